The maximum atomic E-state index is 12.3. The third kappa shape index (κ3) is 4.07. The van der Waals surface area contributed by atoms with Gasteiger partial charge in [0.2, 0.25) is 5.91 Å². The molecular weight excluding hydrogens is 248 g/mol. The molecule has 1 heterocycles. The minimum absolute atomic E-state index is 0.0523. The van der Waals surface area contributed by atoms with E-state index in [0.29, 0.717) is 5.92 Å². The van der Waals surface area contributed by atoms with Crippen LogP contribution in [-0.4, -0.2) is 18.5 Å². The fourth-order valence-corrected chi connectivity index (χ4v) is 2.76. The van der Waals surface area contributed by atoms with Crippen molar-refractivity contribution in [2.75, 3.05) is 11.9 Å². The molecule has 1 aromatic carbocycles. The fraction of sp³-hybridized carbons (Fsp3) is 0.588. The highest BCUT2D eigenvalue weighted by Crippen LogP contribution is 2.18. The van der Waals surface area contributed by atoms with Gasteiger partial charge in [-0.2, -0.15) is 0 Å². The highest BCUT2D eigenvalue weighted by Gasteiger charge is 2.27. The second-order valence-corrected chi connectivity index (χ2v) is 5.84. The van der Waals surface area contributed by atoms with Crippen LogP contribution in [0.4, 0.5) is 5.69 Å². The second kappa shape index (κ2) is 7.44. The molecule has 2 rings (SSSR count). The van der Waals surface area contributed by atoms with Crippen molar-refractivity contribution < 1.29 is 4.79 Å². The Hall–Kier alpha value is -1.35. The smallest absolute Gasteiger partial charge is 0.241 e. The number of amides is 1. The van der Waals surface area contributed by atoms with E-state index in [-0.39, 0.29) is 11.9 Å². The molecule has 0 spiro atoms. The molecule has 1 aliphatic heterocycles. The molecule has 0 saturated carbocycles. The average Bonchev–Trinajstić information content (AvgIpc) is 2.47. The molecule has 20 heavy (non-hydrogen) atoms. The monoisotopic (exact) mass is 274 g/mol. The van der Waals surface area contributed by atoms with E-state index < -0.39 is 0 Å². The Morgan fingerprint density at radius 1 is 1.35 bits per heavy atom. The van der Waals surface area contributed by atoms with E-state index in [4.69, 9.17) is 0 Å². The molecule has 110 valence electrons. The minimum atomic E-state index is -0.0523. The number of nitrogens with one attached hydrogen (secondary N) is 2. The number of anilines is 1. The van der Waals surface area contributed by atoms with Gasteiger partial charge >= 0.3 is 0 Å². The summed E-state index contributed by atoms with van der Waals surface area (Å²) >= 11 is 0. The third-order valence-corrected chi connectivity index (χ3v) is 4.09. The summed E-state index contributed by atoms with van der Waals surface area (Å²) in [6, 6.07) is 8.20. The van der Waals surface area contributed by atoms with Crippen molar-refractivity contribution >= 4 is 11.6 Å². The summed E-state index contributed by atoms with van der Waals surface area (Å²) in [4.78, 5) is 12.3. The van der Waals surface area contributed by atoms with Gasteiger partial charge in [-0.3, -0.25) is 4.79 Å². The number of aryl methyl sites for hydroxylation is 1. The molecule has 2 N–H and O–H groups in total. The van der Waals surface area contributed by atoms with Crippen LogP contribution in [0, 0.1) is 5.92 Å². The van der Waals surface area contributed by atoms with Gasteiger partial charge in [-0.25, -0.2) is 0 Å². The standard InChI is InChI=1S/C17H26N2O/c1-3-4-7-14-8-10-15(11-9-14)19-17(20)16-13(2)6-5-12-18-16/h8-11,13,16,18H,3-7,12H2,1-2H3,(H,19,20). The van der Waals surface area contributed by atoms with Gasteiger partial charge in [0.25, 0.3) is 0 Å². The Balaban J connectivity index is 1.90. The molecular formula is C17H26N2O. The zero-order chi connectivity index (χ0) is 14.4. The van der Waals surface area contributed by atoms with Gasteiger partial charge in [-0.1, -0.05) is 32.4 Å². The quantitative estimate of drug-likeness (QED) is 0.864. The Labute approximate surface area is 122 Å². The first kappa shape index (κ1) is 15.0. The van der Waals surface area contributed by atoms with Crippen molar-refractivity contribution in [3.05, 3.63) is 29.8 Å². The van der Waals surface area contributed by atoms with Crippen LogP contribution in [-0.2, 0) is 11.2 Å². The Morgan fingerprint density at radius 3 is 2.75 bits per heavy atom. The topological polar surface area (TPSA) is 41.1 Å². The van der Waals surface area contributed by atoms with Crippen LogP contribution in [0.2, 0.25) is 0 Å². The number of benzene rings is 1. The lowest BCUT2D eigenvalue weighted by Gasteiger charge is -2.28. The van der Waals surface area contributed by atoms with E-state index in [0.717, 1.165) is 31.5 Å². The maximum Gasteiger partial charge on any atom is 0.241 e. The number of hydrogen-bond acceptors (Lipinski definition) is 2. The lowest BCUT2D eigenvalue weighted by molar-refractivity contribution is -0.119. The van der Waals surface area contributed by atoms with Crippen LogP contribution in [0.15, 0.2) is 24.3 Å². The van der Waals surface area contributed by atoms with Gasteiger partial charge in [0.05, 0.1) is 6.04 Å². The first-order chi connectivity index (χ1) is 9.70. The summed E-state index contributed by atoms with van der Waals surface area (Å²) in [5, 5.41) is 6.34. The van der Waals surface area contributed by atoms with Gasteiger partial charge in [0.1, 0.15) is 0 Å². The van der Waals surface area contributed by atoms with Crippen LogP contribution in [0.1, 0.15) is 45.1 Å². The molecule has 0 aromatic heterocycles. The molecule has 2 atom stereocenters. The van der Waals surface area contributed by atoms with E-state index in [9.17, 15) is 4.79 Å². The number of carbonyl (C=O) groups is 1. The van der Waals surface area contributed by atoms with Crippen LogP contribution in [0.3, 0.4) is 0 Å². The molecule has 2 unspecified atom stereocenters. The largest absolute Gasteiger partial charge is 0.325 e. The van der Waals surface area contributed by atoms with Crippen molar-refractivity contribution in [3.63, 3.8) is 0 Å². The van der Waals surface area contributed by atoms with Crippen LogP contribution in [0.25, 0.3) is 0 Å². The molecule has 1 aromatic rings. The molecule has 1 saturated heterocycles. The Bertz CT molecular complexity index is 427. The highest BCUT2D eigenvalue weighted by molar-refractivity contribution is 5.95. The number of unbranched alkanes of at least 4 members (excludes halogenated alkanes) is 1. The van der Waals surface area contributed by atoms with Crippen LogP contribution in [0.5, 0.6) is 0 Å². The Kier molecular flexibility index (Phi) is 5.60. The molecule has 1 fully saturated rings. The summed E-state index contributed by atoms with van der Waals surface area (Å²) in [7, 11) is 0. The van der Waals surface area contributed by atoms with Crippen molar-refractivity contribution in [2.24, 2.45) is 5.92 Å². The lowest BCUT2D eigenvalue weighted by Crippen LogP contribution is -2.48. The predicted octanol–water partition coefficient (Wildman–Crippen LogP) is 3.36. The predicted molar refractivity (Wildman–Crippen MR) is 83.9 cm³/mol. The third-order valence-electron chi connectivity index (χ3n) is 4.09. The number of rotatable bonds is 5. The molecule has 0 radical (unpaired) electrons. The summed E-state index contributed by atoms with van der Waals surface area (Å²) < 4.78 is 0. The van der Waals surface area contributed by atoms with E-state index in [1.165, 1.54) is 18.4 Å². The molecule has 3 heteroatoms. The van der Waals surface area contributed by atoms with Crippen molar-refractivity contribution in [1.29, 1.82) is 0 Å². The molecule has 1 aliphatic rings. The van der Waals surface area contributed by atoms with E-state index in [1.807, 2.05) is 12.1 Å². The summed E-state index contributed by atoms with van der Waals surface area (Å²) in [5.41, 5.74) is 2.24. The zero-order valence-electron chi connectivity index (χ0n) is 12.6. The molecule has 0 bridgehead atoms. The first-order valence-electron chi connectivity index (χ1n) is 7.84. The highest BCUT2D eigenvalue weighted by atomic mass is 16.2. The number of carbonyl (C=O) groups excluding carboxylic acids is 1. The SMILES string of the molecule is CCCCc1ccc(NC(=O)C2NCCCC2C)cc1. The lowest BCUT2D eigenvalue weighted by atomic mass is 9.92. The molecule has 1 amide bonds. The maximum absolute atomic E-state index is 12.3. The van der Waals surface area contributed by atoms with E-state index in [1.54, 1.807) is 0 Å². The van der Waals surface area contributed by atoms with Gasteiger partial charge in [-0.05, 0) is 55.8 Å². The minimum Gasteiger partial charge on any atom is -0.325 e. The first-order valence-corrected chi connectivity index (χ1v) is 7.84. The normalized spacial score (nSPS) is 22.5. The van der Waals surface area contributed by atoms with Gasteiger partial charge in [0.15, 0.2) is 0 Å². The van der Waals surface area contributed by atoms with Crippen molar-refractivity contribution in [1.82, 2.24) is 5.32 Å². The second-order valence-electron chi connectivity index (χ2n) is 5.84. The summed E-state index contributed by atoms with van der Waals surface area (Å²) in [6.45, 7) is 5.29. The van der Waals surface area contributed by atoms with Gasteiger partial charge in [0, 0.05) is 5.69 Å². The van der Waals surface area contributed by atoms with Crippen molar-refractivity contribution in [3.8, 4) is 0 Å². The van der Waals surface area contributed by atoms with E-state index >= 15 is 0 Å². The average molecular weight is 274 g/mol. The van der Waals surface area contributed by atoms with Gasteiger partial charge in [-0.15, -0.1) is 0 Å². The van der Waals surface area contributed by atoms with E-state index in [2.05, 4.69) is 36.6 Å². The van der Waals surface area contributed by atoms with Crippen LogP contribution >= 0.6 is 0 Å². The Morgan fingerprint density at radius 2 is 2.10 bits per heavy atom. The molecule has 3 nitrogen and oxygen atoms in total. The van der Waals surface area contributed by atoms with Gasteiger partial charge < -0.3 is 10.6 Å². The number of piperidine rings is 1. The zero-order valence-corrected chi connectivity index (χ0v) is 12.6. The van der Waals surface area contributed by atoms with Crippen molar-refractivity contribution in [2.45, 2.75) is 52.0 Å². The van der Waals surface area contributed by atoms with Crippen LogP contribution < -0.4 is 10.6 Å². The summed E-state index contributed by atoms with van der Waals surface area (Å²) in [6.07, 6.45) is 5.84. The summed E-state index contributed by atoms with van der Waals surface area (Å²) in [5.74, 6) is 0.506. The molecule has 0 aliphatic carbocycles. The fourth-order valence-electron chi connectivity index (χ4n) is 2.76. The number of hydrogen-bond donors (Lipinski definition) is 2.